The van der Waals surface area contributed by atoms with E-state index in [1.807, 2.05) is 28.8 Å². The number of piperidine rings is 1. The fourth-order valence-corrected chi connectivity index (χ4v) is 4.80. The predicted octanol–water partition coefficient (Wildman–Crippen LogP) is 3.47. The highest BCUT2D eigenvalue weighted by molar-refractivity contribution is 5.93. The van der Waals surface area contributed by atoms with Crippen LogP contribution in [0.25, 0.3) is 0 Å². The zero-order valence-electron chi connectivity index (χ0n) is 20.2. The second-order valence-electron chi connectivity index (χ2n) is 9.18. The van der Waals surface area contributed by atoms with Gasteiger partial charge in [-0.1, -0.05) is 24.3 Å². The number of carbonyl (C=O) groups excluding carboxylic acids is 2. The molecule has 5 rings (SSSR count). The summed E-state index contributed by atoms with van der Waals surface area (Å²) in [6.45, 7) is 2.21. The molecule has 3 aromatic rings. The summed E-state index contributed by atoms with van der Waals surface area (Å²) >= 11 is 0. The Balaban J connectivity index is 1.14. The zero-order valence-corrected chi connectivity index (χ0v) is 20.2. The van der Waals surface area contributed by atoms with E-state index in [9.17, 15) is 14.0 Å². The monoisotopic (exact) mass is 492 g/mol. The minimum absolute atomic E-state index is 0.00419. The molecule has 2 aromatic carbocycles. The number of methoxy groups -OCH3 is 1. The molecule has 0 radical (unpaired) electrons. The van der Waals surface area contributed by atoms with Gasteiger partial charge in [-0.3, -0.25) is 9.59 Å². The first-order chi connectivity index (χ1) is 17.5. The van der Waals surface area contributed by atoms with E-state index in [-0.39, 0.29) is 36.3 Å². The van der Waals surface area contributed by atoms with Crippen LogP contribution >= 0.6 is 0 Å². The predicted molar refractivity (Wildman–Crippen MR) is 130 cm³/mol. The molecule has 2 aliphatic rings. The van der Waals surface area contributed by atoms with Gasteiger partial charge in [0.25, 0.3) is 5.91 Å². The summed E-state index contributed by atoms with van der Waals surface area (Å²) in [6, 6.07) is 13.9. The van der Waals surface area contributed by atoms with Crippen LogP contribution in [0, 0.1) is 11.7 Å². The van der Waals surface area contributed by atoms with Crippen LogP contribution in [-0.2, 0) is 29.2 Å². The number of amides is 2. The molecule has 0 aliphatic carbocycles. The van der Waals surface area contributed by atoms with Gasteiger partial charge >= 0.3 is 0 Å². The van der Waals surface area contributed by atoms with E-state index in [2.05, 4.69) is 10.3 Å². The van der Waals surface area contributed by atoms with Gasteiger partial charge in [0.2, 0.25) is 5.91 Å². The lowest BCUT2D eigenvalue weighted by Crippen LogP contribution is -2.43. The van der Waals surface area contributed by atoms with E-state index < -0.39 is 0 Å². The van der Waals surface area contributed by atoms with Crippen molar-refractivity contribution in [3.05, 3.63) is 83.2 Å². The third kappa shape index (κ3) is 5.11. The lowest BCUT2D eigenvalue weighted by molar-refractivity contribution is -0.126. The standard InChI is InChI=1S/C27H29FN4O4/c1-35-22-4-2-3-18(13-22)14-29-26(33)20-9-11-31(12-10-20)27(34)25-23-16-36-24(15-32(23)17-30-25)19-5-7-21(28)8-6-19/h2-8,13,17,20,24H,9-12,14-16H2,1H3,(H,29,33)/t24-/m1/s1. The normalized spacial score (nSPS) is 17.9. The summed E-state index contributed by atoms with van der Waals surface area (Å²) in [5.41, 5.74) is 3.00. The largest absolute Gasteiger partial charge is 0.497 e. The second-order valence-corrected chi connectivity index (χ2v) is 9.18. The summed E-state index contributed by atoms with van der Waals surface area (Å²) in [4.78, 5) is 32.1. The summed E-state index contributed by atoms with van der Waals surface area (Å²) in [6.07, 6.45) is 2.66. The molecule has 0 saturated carbocycles. The molecule has 1 atom stereocenters. The number of imidazole rings is 1. The third-order valence-electron chi connectivity index (χ3n) is 6.93. The summed E-state index contributed by atoms with van der Waals surface area (Å²) in [7, 11) is 1.62. The van der Waals surface area contributed by atoms with Gasteiger partial charge in [0.05, 0.1) is 32.3 Å². The molecule has 2 aliphatic heterocycles. The number of nitrogens with one attached hydrogen (secondary N) is 1. The quantitative estimate of drug-likeness (QED) is 0.570. The van der Waals surface area contributed by atoms with E-state index in [0.717, 1.165) is 22.6 Å². The first-order valence-electron chi connectivity index (χ1n) is 12.1. The SMILES string of the molecule is COc1cccc(CNC(=O)C2CCN(C(=O)c3ncn4c3CO[C@@H](c3ccc(F)cc3)C4)CC2)c1. The minimum Gasteiger partial charge on any atom is -0.497 e. The fourth-order valence-electron chi connectivity index (χ4n) is 4.80. The molecule has 1 aromatic heterocycles. The number of ether oxygens (including phenoxy) is 2. The Kier molecular flexibility index (Phi) is 6.99. The van der Waals surface area contributed by atoms with Crippen LogP contribution in [0.1, 0.15) is 46.3 Å². The van der Waals surface area contributed by atoms with Crippen LogP contribution in [0.4, 0.5) is 4.39 Å². The van der Waals surface area contributed by atoms with Crippen LogP contribution < -0.4 is 10.1 Å². The zero-order chi connectivity index (χ0) is 25.1. The molecule has 36 heavy (non-hydrogen) atoms. The molecule has 0 spiro atoms. The summed E-state index contributed by atoms with van der Waals surface area (Å²) in [5.74, 6) is 0.206. The second kappa shape index (κ2) is 10.5. The van der Waals surface area contributed by atoms with Crippen molar-refractivity contribution < 1.29 is 23.5 Å². The Morgan fingerprint density at radius 3 is 2.69 bits per heavy atom. The van der Waals surface area contributed by atoms with Crippen LogP contribution in [0.15, 0.2) is 54.9 Å². The topological polar surface area (TPSA) is 85.7 Å². The van der Waals surface area contributed by atoms with Crippen molar-refractivity contribution in [2.75, 3.05) is 20.2 Å². The van der Waals surface area contributed by atoms with E-state index in [0.29, 0.717) is 44.7 Å². The van der Waals surface area contributed by atoms with E-state index in [1.54, 1.807) is 30.5 Å². The van der Waals surface area contributed by atoms with Gasteiger partial charge in [0.1, 0.15) is 17.7 Å². The first-order valence-corrected chi connectivity index (χ1v) is 12.1. The van der Waals surface area contributed by atoms with Crippen molar-refractivity contribution in [2.45, 2.75) is 38.6 Å². The first kappa shape index (κ1) is 24.0. The Labute approximate surface area is 209 Å². The van der Waals surface area contributed by atoms with Crippen LogP contribution in [0.5, 0.6) is 5.75 Å². The number of likely N-dealkylation sites (tertiary alicyclic amines) is 1. The van der Waals surface area contributed by atoms with E-state index >= 15 is 0 Å². The van der Waals surface area contributed by atoms with Gasteiger partial charge in [-0.2, -0.15) is 0 Å². The molecule has 2 amide bonds. The number of halogens is 1. The Morgan fingerprint density at radius 2 is 1.94 bits per heavy atom. The van der Waals surface area contributed by atoms with Gasteiger partial charge in [-0.25, -0.2) is 9.37 Å². The molecular formula is C27H29FN4O4. The van der Waals surface area contributed by atoms with Gasteiger partial charge in [0, 0.05) is 25.6 Å². The average molecular weight is 493 g/mol. The maximum atomic E-state index is 13.2. The summed E-state index contributed by atoms with van der Waals surface area (Å²) < 4.78 is 26.4. The molecular weight excluding hydrogens is 463 g/mol. The molecule has 1 fully saturated rings. The molecule has 8 nitrogen and oxygen atoms in total. The number of hydrogen-bond donors (Lipinski definition) is 1. The van der Waals surface area contributed by atoms with Crippen molar-refractivity contribution in [3.8, 4) is 5.75 Å². The minimum atomic E-state index is -0.288. The number of aromatic nitrogens is 2. The molecule has 9 heteroatoms. The maximum Gasteiger partial charge on any atom is 0.274 e. The Morgan fingerprint density at radius 1 is 1.17 bits per heavy atom. The van der Waals surface area contributed by atoms with Crippen LogP contribution in [-0.4, -0.2) is 46.5 Å². The number of fused-ring (bicyclic) bond motifs is 1. The van der Waals surface area contributed by atoms with Crippen LogP contribution in [0.2, 0.25) is 0 Å². The van der Waals surface area contributed by atoms with E-state index in [4.69, 9.17) is 9.47 Å². The molecule has 1 N–H and O–H groups in total. The maximum absolute atomic E-state index is 13.2. The Hall–Kier alpha value is -3.72. The molecule has 188 valence electrons. The van der Waals surface area contributed by atoms with Gasteiger partial charge in [-0.05, 0) is 48.2 Å². The highest BCUT2D eigenvalue weighted by atomic mass is 19.1. The Bertz CT molecular complexity index is 1230. The van der Waals surface area contributed by atoms with Crippen molar-refractivity contribution in [1.82, 2.24) is 19.8 Å². The van der Waals surface area contributed by atoms with Crippen molar-refractivity contribution >= 4 is 11.8 Å². The van der Waals surface area contributed by atoms with Crippen molar-refractivity contribution in [3.63, 3.8) is 0 Å². The number of benzene rings is 2. The molecule has 3 heterocycles. The fraction of sp³-hybridized carbons (Fsp3) is 0.370. The van der Waals surface area contributed by atoms with Crippen molar-refractivity contribution in [2.24, 2.45) is 5.92 Å². The van der Waals surface area contributed by atoms with Gasteiger partial charge in [0.15, 0.2) is 5.69 Å². The third-order valence-corrected chi connectivity index (χ3v) is 6.93. The number of rotatable bonds is 6. The highest BCUT2D eigenvalue weighted by Gasteiger charge is 2.32. The van der Waals surface area contributed by atoms with Gasteiger partial charge in [-0.15, -0.1) is 0 Å². The average Bonchev–Trinajstić information content (AvgIpc) is 3.35. The molecule has 0 unspecified atom stereocenters. The molecule has 0 bridgehead atoms. The number of nitrogens with zero attached hydrogens (tertiary/aromatic N) is 3. The summed E-state index contributed by atoms with van der Waals surface area (Å²) in [5, 5.41) is 3.00. The van der Waals surface area contributed by atoms with Gasteiger partial charge < -0.3 is 24.3 Å². The lowest BCUT2D eigenvalue weighted by atomic mass is 9.95. The van der Waals surface area contributed by atoms with Crippen LogP contribution in [0.3, 0.4) is 0 Å². The smallest absolute Gasteiger partial charge is 0.274 e. The molecule has 1 saturated heterocycles. The van der Waals surface area contributed by atoms with E-state index in [1.165, 1.54) is 12.1 Å². The van der Waals surface area contributed by atoms with Crippen molar-refractivity contribution in [1.29, 1.82) is 0 Å². The highest BCUT2D eigenvalue weighted by Crippen LogP contribution is 2.29. The number of hydrogen-bond acceptors (Lipinski definition) is 5. The number of carbonyl (C=O) groups is 2. The lowest BCUT2D eigenvalue weighted by Gasteiger charge is -2.31.